The number of fused-ring (bicyclic) bond motifs is 11. The van der Waals surface area contributed by atoms with Gasteiger partial charge in [-0.1, -0.05) is 195 Å². The summed E-state index contributed by atoms with van der Waals surface area (Å²) in [6, 6.07) is 66.0. The van der Waals surface area contributed by atoms with Crippen molar-refractivity contribution in [2.75, 3.05) is 0 Å². The van der Waals surface area contributed by atoms with Gasteiger partial charge in [0.1, 0.15) is 0 Å². The predicted molar refractivity (Wildman–Crippen MR) is 242 cm³/mol. The van der Waals surface area contributed by atoms with Gasteiger partial charge in [-0.15, -0.1) is 0 Å². The molecule has 1 heterocycles. The van der Waals surface area contributed by atoms with Crippen LogP contribution in [0.15, 0.2) is 195 Å². The number of aromatic nitrogens is 2. The van der Waals surface area contributed by atoms with Crippen molar-refractivity contribution in [1.82, 2.24) is 9.97 Å². The summed E-state index contributed by atoms with van der Waals surface area (Å²) >= 11 is 0. The monoisotopic (exact) mass is 738 g/mol. The lowest BCUT2D eigenvalue weighted by atomic mass is 9.72. The highest BCUT2D eigenvalue weighted by Crippen LogP contribution is 2.64. The molecule has 0 saturated carbocycles. The minimum atomic E-state index is -0.670. The van der Waals surface area contributed by atoms with Gasteiger partial charge in [0.25, 0.3) is 0 Å². The van der Waals surface area contributed by atoms with Crippen LogP contribution in [0.4, 0.5) is 0 Å². The third-order valence-corrected chi connectivity index (χ3v) is 12.2. The van der Waals surface area contributed by atoms with Crippen LogP contribution in [-0.4, -0.2) is 9.97 Å². The molecule has 9 aromatic rings. The molecular weight excluding hydrogens is 701 g/mol. The maximum atomic E-state index is 5.70. The highest BCUT2D eigenvalue weighted by molar-refractivity contribution is 6.01. The molecule has 1 aromatic heterocycles. The van der Waals surface area contributed by atoms with Crippen molar-refractivity contribution in [3.05, 3.63) is 228 Å². The van der Waals surface area contributed by atoms with Gasteiger partial charge in [-0.25, -0.2) is 9.97 Å². The molecule has 1 spiro atoms. The average molecular weight is 739 g/mol. The van der Waals surface area contributed by atoms with Crippen LogP contribution in [0.25, 0.3) is 90.1 Å². The third kappa shape index (κ3) is 4.98. The first-order chi connectivity index (χ1) is 28.7. The Labute approximate surface area is 339 Å². The second kappa shape index (κ2) is 13.4. The molecule has 0 saturated heterocycles. The zero-order chi connectivity index (χ0) is 38.8. The van der Waals surface area contributed by atoms with E-state index in [1.807, 2.05) is 12.1 Å². The fraction of sp³-hybridized carbons (Fsp3) is 0.0357. The fourth-order valence-corrected chi connectivity index (χ4v) is 9.60. The maximum absolute atomic E-state index is 5.70. The Bertz CT molecular complexity index is 3090. The lowest BCUT2D eigenvalue weighted by Crippen LogP contribution is -2.27. The highest BCUT2D eigenvalue weighted by atomic mass is 14.9. The molecular formula is C56H38N2. The van der Waals surface area contributed by atoms with Crippen molar-refractivity contribution >= 4 is 22.9 Å². The molecule has 0 amide bonds. The largest absolute Gasteiger partial charge is 0.231 e. The van der Waals surface area contributed by atoms with E-state index in [1.165, 1.54) is 60.8 Å². The predicted octanol–water partition coefficient (Wildman–Crippen LogP) is 14.3. The fourth-order valence-electron chi connectivity index (χ4n) is 9.60. The Morgan fingerprint density at radius 2 is 1.07 bits per heavy atom. The topological polar surface area (TPSA) is 25.8 Å². The summed E-state index contributed by atoms with van der Waals surface area (Å²) < 4.78 is 0. The molecule has 2 nitrogen and oxygen atoms in total. The lowest BCUT2D eigenvalue weighted by Gasteiger charge is -2.30. The van der Waals surface area contributed by atoms with Gasteiger partial charge < -0.3 is 0 Å². The standard InChI is InChI=1S/C56H38N2/c1-3-15-44-36(4-2)20-14-23-47(44)53-52-48-33-32-43(39-28-26-38(27-29-39)42-31-30-37-16-8-9-19-41(37)34-42)35-51(48)56(54(52)58-55(57-53)40-17-6-5-7-18-40)49-24-12-10-21-45(49)46-22-11-13-25-50(46)56/h3-35H,2H2,1H3/b15-3-. The summed E-state index contributed by atoms with van der Waals surface area (Å²) in [4.78, 5) is 11.2. The minimum Gasteiger partial charge on any atom is -0.231 e. The zero-order valence-electron chi connectivity index (χ0n) is 32.2. The van der Waals surface area contributed by atoms with E-state index >= 15 is 0 Å². The van der Waals surface area contributed by atoms with Gasteiger partial charge in [-0.05, 0) is 96.6 Å². The van der Waals surface area contributed by atoms with E-state index in [-0.39, 0.29) is 0 Å². The first-order valence-corrected chi connectivity index (χ1v) is 20.0. The van der Waals surface area contributed by atoms with E-state index in [0.29, 0.717) is 5.82 Å². The zero-order valence-corrected chi connectivity index (χ0v) is 32.2. The summed E-state index contributed by atoms with van der Waals surface area (Å²) in [6.45, 7) is 6.26. The van der Waals surface area contributed by atoms with Crippen LogP contribution in [0.5, 0.6) is 0 Å². The Kier molecular flexibility index (Phi) is 7.80. The summed E-state index contributed by atoms with van der Waals surface area (Å²) in [6.07, 6.45) is 6.22. The normalized spacial score (nSPS) is 13.1. The number of benzene rings is 8. The van der Waals surface area contributed by atoms with Crippen LogP contribution in [-0.2, 0) is 5.41 Å². The van der Waals surface area contributed by atoms with Gasteiger partial charge in [0.05, 0.1) is 16.8 Å². The molecule has 0 unspecified atom stereocenters. The quantitative estimate of drug-likeness (QED) is 0.170. The summed E-state index contributed by atoms with van der Waals surface area (Å²) in [5, 5.41) is 2.50. The SMILES string of the molecule is C=Cc1cccc(-c2nc(-c3ccccc3)nc3c2-c2ccc(-c4ccc(-c5ccc6ccccc6c5)cc4)cc2C32c3ccccc3-c3ccccc32)c1/C=C\C. The van der Waals surface area contributed by atoms with Crippen molar-refractivity contribution in [3.8, 4) is 67.2 Å². The molecule has 58 heavy (non-hydrogen) atoms. The molecule has 0 N–H and O–H groups in total. The summed E-state index contributed by atoms with van der Waals surface area (Å²) in [7, 11) is 0. The summed E-state index contributed by atoms with van der Waals surface area (Å²) in [5.74, 6) is 0.711. The van der Waals surface area contributed by atoms with E-state index in [2.05, 4.69) is 202 Å². The number of rotatable bonds is 6. The number of nitrogens with zero attached hydrogens (tertiary/aromatic N) is 2. The molecule has 0 bridgehead atoms. The van der Waals surface area contributed by atoms with Crippen LogP contribution < -0.4 is 0 Å². The second-order valence-electron chi connectivity index (χ2n) is 15.2. The number of hydrogen-bond donors (Lipinski definition) is 0. The van der Waals surface area contributed by atoms with Crippen molar-refractivity contribution in [3.63, 3.8) is 0 Å². The van der Waals surface area contributed by atoms with Crippen molar-refractivity contribution in [1.29, 1.82) is 0 Å². The third-order valence-electron chi connectivity index (χ3n) is 12.2. The molecule has 2 aliphatic carbocycles. The van der Waals surface area contributed by atoms with Gasteiger partial charge in [0, 0.05) is 16.7 Å². The Morgan fingerprint density at radius 3 is 1.78 bits per heavy atom. The average Bonchev–Trinajstić information content (AvgIpc) is 3.76. The van der Waals surface area contributed by atoms with E-state index in [1.54, 1.807) is 0 Å². The van der Waals surface area contributed by atoms with Gasteiger partial charge in [0.2, 0.25) is 0 Å². The molecule has 0 aliphatic heterocycles. The van der Waals surface area contributed by atoms with Gasteiger partial charge in [-0.2, -0.15) is 0 Å². The smallest absolute Gasteiger partial charge is 0.160 e. The second-order valence-corrected chi connectivity index (χ2v) is 15.2. The van der Waals surface area contributed by atoms with E-state index in [9.17, 15) is 0 Å². The highest BCUT2D eigenvalue weighted by Gasteiger charge is 2.54. The van der Waals surface area contributed by atoms with Gasteiger partial charge >= 0.3 is 0 Å². The molecule has 11 rings (SSSR count). The molecule has 0 fully saturated rings. The number of allylic oxidation sites excluding steroid dienone is 1. The first-order valence-electron chi connectivity index (χ1n) is 20.0. The molecule has 0 radical (unpaired) electrons. The molecule has 2 aliphatic rings. The summed E-state index contributed by atoms with van der Waals surface area (Å²) in [5.41, 5.74) is 18.7. The minimum absolute atomic E-state index is 0.670. The van der Waals surface area contributed by atoms with Gasteiger partial charge in [0.15, 0.2) is 5.82 Å². The van der Waals surface area contributed by atoms with Crippen LogP contribution in [0, 0.1) is 0 Å². The van der Waals surface area contributed by atoms with Gasteiger partial charge in [-0.3, -0.25) is 0 Å². The van der Waals surface area contributed by atoms with Crippen molar-refractivity contribution in [2.45, 2.75) is 12.3 Å². The molecule has 2 heteroatoms. The van der Waals surface area contributed by atoms with Crippen LogP contribution >= 0.6 is 0 Å². The van der Waals surface area contributed by atoms with Crippen LogP contribution in [0.2, 0.25) is 0 Å². The van der Waals surface area contributed by atoms with E-state index < -0.39 is 5.41 Å². The Morgan fingerprint density at radius 1 is 0.466 bits per heavy atom. The molecule has 272 valence electrons. The lowest BCUT2D eigenvalue weighted by molar-refractivity contribution is 0.758. The molecule has 0 atom stereocenters. The Balaban J connectivity index is 1.19. The van der Waals surface area contributed by atoms with E-state index in [0.717, 1.165) is 44.8 Å². The molecule has 8 aromatic carbocycles. The van der Waals surface area contributed by atoms with Crippen LogP contribution in [0.3, 0.4) is 0 Å². The van der Waals surface area contributed by atoms with Crippen LogP contribution in [0.1, 0.15) is 40.4 Å². The number of hydrogen-bond acceptors (Lipinski definition) is 2. The first kappa shape index (κ1) is 33.9. The van der Waals surface area contributed by atoms with E-state index in [4.69, 9.17) is 9.97 Å². The van der Waals surface area contributed by atoms with Crippen molar-refractivity contribution in [2.24, 2.45) is 0 Å². The van der Waals surface area contributed by atoms with Crippen molar-refractivity contribution < 1.29 is 0 Å². The Hall–Kier alpha value is -7.42. The maximum Gasteiger partial charge on any atom is 0.160 e.